The molecule has 0 aliphatic heterocycles. The highest BCUT2D eigenvalue weighted by Gasteiger charge is 2.13. The molecule has 0 amide bonds. The van der Waals surface area contributed by atoms with E-state index in [2.05, 4.69) is 83.1 Å². The van der Waals surface area contributed by atoms with Crippen molar-refractivity contribution in [1.29, 1.82) is 0 Å². The summed E-state index contributed by atoms with van der Waals surface area (Å²) in [6, 6.07) is 39.9. The van der Waals surface area contributed by atoms with Gasteiger partial charge < -0.3 is 15.3 Å². The van der Waals surface area contributed by atoms with Crippen molar-refractivity contribution in [1.82, 2.24) is 0 Å². The van der Waals surface area contributed by atoms with Crippen LogP contribution in [0.25, 0.3) is 32.3 Å². The predicted molar refractivity (Wildman–Crippen MR) is 265 cm³/mol. The molecule has 3 nitrogen and oxygen atoms in total. The van der Waals surface area contributed by atoms with Crippen molar-refractivity contribution >= 4 is 32.3 Å². The second-order valence-corrected chi connectivity index (χ2v) is 15.8. The molecule has 0 bridgehead atoms. The maximum Gasteiger partial charge on any atom is 0.123 e. The SMILES string of the molecule is CCc1c(C)c(C)c(CC)c(C)c1C.CCc1c(C)c(C)c(CC)c(C)c1C.Oc1cccc2ccccc12.Oc1cccc2ccccc12.Oc1cccc2ccccc12. The minimum atomic E-state index is 0.350. The van der Waals surface area contributed by atoms with Gasteiger partial charge in [0, 0.05) is 16.2 Å². The second kappa shape index (κ2) is 22.5. The molecule has 0 spiro atoms. The molecule has 318 valence electrons. The monoisotopic (exact) mass is 813 g/mol. The summed E-state index contributed by atoms with van der Waals surface area (Å²) in [6.45, 7) is 27.1. The number of rotatable bonds is 4. The lowest BCUT2D eigenvalue weighted by Gasteiger charge is -2.18. The molecule has 8 aromatic carbocycles. The van der Waals surface area contributed by atoms with E-state index in [1.54, 1.807) is 40.5 Å². The van der Waals surface area contributed by atoms with Gasteiger partial charge in [0.15, 0.2) is 0 Å². The lowest BCUT2D eigenvalue weighted by atomic mass is 9.87. The smallest absolute Gasteiger partial charge is 0.123 e. The van der Waals surface area contributed by atoms with Crippen LogP contribution in [-0.4, -0.2) is 15.3 Å². The number of fused-ring (bicyclic) bond motifs is 3. The molecule has 61 heavy (non-hydrogen) atoms. The molecule has 3 N–H and O–H groups in total. The van der Waals surface area contributed by atoms with Crippen LogP contribution < -0.4 is 0 Å². The van der Waals surface area contributed by atoms with Crippen LogP contribution in [-0.2, 0) is 25.7 Å². The third-order valence-corrected chi connectivity index (χ3v) is 12.6. The molecular weight excluding hydrogens is 745 g/mol. The van der Waals surface area contributed by atoms with Crippen LogP contribution in [0.15, 0.2) is 127 Å². The van der Waals surface area contributed by atoms with E-state index in [1.165, 1.54) is 44.5 Å². The summed E-state index contributed by atoms with van der Waals surface area (Å²) in [7, 11) is 0. The molecule has 0 aliphatic rings. The Morgan fingerprint density at radius 1 is 0.262 bits per heavy atom. The second-order valence-electron chi connectivity index (χ2n) is 15.8. The van der Waals surface area contributed by atoms with E-state index in [4.69, 9.17) is 0 Å². The van der Waals surface area contributed by atoms with Crippen LogP contribution in [0.5, 0.6) is 17.2 Å². The molecular formula is C58H68O3. The van der Waals surface area contributed by atoms with Gasteiger partial charge in [-0.1, -0.05) is 137 Å². The summed E-state index contributed by atoms with van der Waals surface area (Å²) in [4.78, 5) is 0. The topological polar surface area (TPSA) is 60.7 Å². The summed E-state index contributed by atoms with van der Waals surface area (Å²) >= 11 is 0. The lowest BCUT2D eigenvalue weighted by Crippen LogP contribution is -2.03. The van der Waals surface area contributed by atoms with E-state index in [1.807, 2.05) is 109 Å². The largest absolute Gasteiger partial charge is 0.507 e. The molecule has 8 aromatic rings. The van der Waals surface area contributed by atoms with Gasteiger partial charge >= 0.3 is 0 Å². The number of hydrogen-bond donors (Lipinski definition) is 3. The molecule has 0 fully saturated rings. The highest BCUT2D eigenvalue weighted by atomic mass is 16.3. The highest BCUT2D eigenvalue weighted by Crippen LogP contribution is 2.29. The van der Waals surface area contributed by atoms with Crippen LogP contribution in [0.1, 0.15) is 94.5 Å². The Morgan fingerprint density at radius 3 is 0.623 bits per heavy atom. The minimum Gasteiger partial charge on any atom is -0.507 e. The van der Waals surface area contributed by atoms with E-state index < -0.39 is 0 Å². The average molecular weight is 813 g/mol. The van der Waals surface area contributed by atoms with Crippen molar-refractivity contribution in [3.63, 3.8) is 0 Å². The normalized spacial score (nSPS) is 10.4. The third kappa shape index (κ3) is 11.4. The molecule has 0 saturated heterocycles. The Kier molecular flexibility index (Phi) is 17.6. The predicted octanol–water partition coefficient (Wildman–Crippen LogP) is 15.7. The Hall–Kier alpha value is -6.06. The van der Waals surface area contributed by atoms with E-state index in [9.17, 15) is 15.3 Å². The van der Waals surface area contributed by atoms with Crippen molar-refractivity contribution in [3.8, 4) is 17.2 Å². The van der Waals surface area contributed by atoms with Crippen LogP contribution in [0.4, 0.5) is 0 Å². The van der Waals surface area contributed by atoms with Gasteiger partial charge in [0.25, 0.3) is 0 Å². The first-order valence-electron chi connectivity index (χ1n) is 21.9. The summed E-state index contributed by atoms with van der Waals surface area (Å²) in [5.41, 5.74) is 18.3. The summed E-state index contributed by atoms with van der Waals surface area (Å²) < 4.78 is 0. The number of hydrogen-bond acceptors (Lipinski definition) is 3. The van der Waals surface area contributed by atoms with Crippen LogP contribution in [0, 0.1) is 55.4 Å². The first-order valence-corrected chi connectivity index (χ1v) is 21.9. The van der Waals surface area contributed by atoms with Gasteiger partial charge in [0.1, 0.15) is 17.2 Å². The van der Waals surface area contributed by atoms with Crippen molar-refractivity contribution in [2.45, 2.75) is 109 Å². The summed E-state index contributed by atoms with van der Waals surface area (Å²) in [5, 5.41) is 34.1. The first-order chi connectivity index (χ1) is 29.2. The quantitative estimate of drug-likeness (QED) is 0.166. The fourth-order valence-electron chi connectivity index (χ4n) is 8.68. The van der Waals surface area contributed by atoms with E-state index >= 15 is 0 Å². The molecule has 8 rings (SSSR count). The first kappa shape index (κ1) is 47.6. The zero-order chi connectivity index (χ0) is 44.8. The summed E-state index contributed by atoms with van der Waals surface area (Å²) in [5.74, 6) is 1.05. The fourth-order valence-corrected chi connectivity index (χ4v) is 8.68. The maximum atomic E-state index is 9.37. The van der Waals surface area contributed by atoms with Crippen molar-refractivity contribution in [3.05, 3.63) is 194 Å². The van der Waals surface area contributed by atoms with Crippen molar-refractivity contribution < 1.29 is 15.3 Å². The van der Waals surface area contributed by atoms with Gasteiger partial charge in [-0.05, 0) is 182 Å². The van der Waals surface area contributed by atoms with E-state index in [0.29, 0.717) is 17.2 Å². The van der Waals surface area contributed by atoms with E-state index in [0.717, 1.165) is 58.0 Å². The number of phenolic OH excluding ortho intramolecular Hbond substituents is 3. The molecule has 0 saturated carbocycles. The molecule has 0 heterocycles. The Balaban J connectivity index is 0.000000168. The van der Waals surface area contributed by atoms with Gasteiger partial charge in [0.05, 0.1) is 0 Å². The van der Waals surface area contributed by atoms with Crippen LogP contribution in [0.3, 0.4) is 0 Å². The third-order valence-electron chi connectivity index (χ3n) is 12.6. The van der Waals surface area contributed by atoms with Crippen LogP contribution in [0.2, 0.25) is 0 Å². The highest BCUT2D eigenvalue weighted by molar-refractivity contribution is 5.89. The van der Waals surface area contributed by atoms with Gasteiger partial charge in [-0.2, -0.15) is 0 Å². The maximum absolute atomic E-state index is 9.37. The molecule has 0 unspecified atom stereocenters. The van der Waals surface area contributed by atoms with Gasteiger partial charge in [-0.25, -0.2) is 0 Å². The Labute approximate surface area is 366 Å². The molecule has 0 atom stereocenters. The molecule has 0 radical (unpaired) electrons. The zero-order valence-electron chi connectivity index (χ0n) is 38.8. The van der Waals surface area contributed by atoms with E-state index in [-0.39, 0.29) is 0 Å². The lowest BCUT2D eigenvalue weighted by molar-refractivity contribution is 0.481. The zero-order valence-corrected chi connectivity index (χ0v) is 38.8. The van der Waals surface area contributed by atoms with Gasteiger partial charge in [-0.15, -0.1) is 0 Å². The van der Waals surface area contributed by atoms with Crippen molar-refractivity contribution in [2.24, 2.45) is 0 Å². The van der Waals surface area contributed by atoms with Crippen LogP contribution >= 0.6 is 0 Å². The number of aromatic hydroxyl groups is 3. The van der Waals surface area contributed by atoms with Crippen molar-refractivity contribution in [2.75, 3.05) is 0 Å². The number of benzene rings is 8. The summed E-state index contributed by atoms with van der Waals surface area (Å²) in [6.07, 6.45) is 4.62. The average Bonchev–Trinajstić information content (AvgIpc) is 3.27. The molecule has 0 aromatic heterocycles. The standard InChI is InChI=1S/2C14H22.3C10H8O/c2*1-7-13-9(3)11(5)14(8-2)12(6)10(13)4;3*11-10-7-3-5-8-4-1-2-6-9(8)10/h2*7-8H2,1-6H3;3*1-7,11H. The number of phenols is 3. The fraction of sp³-hybridized carbons (Fsp3) is 0.276. The van der Waals surface area contributed by atoms with Gasteiger partial charge in [0.2, 0.25) is 0 Å². The minimum absolute atomic E-state index is 0.350. The molecule has 3 heteroatoms. The Morgan fingerprint density at radius 2 is 0.443 bits per heavy atom. The Bertz CT molecular complexity index is 2300. The van der Waals surface area contributed by atoms with Gasteiger partial charge in [-0.3, -0.25) is 0 Å². The molecule has 0 aliphatic carbocycles.